The number of hydrogen-bond donors (Lipinski definition) is 1. The van der Waals surface area contributed by atoms with Crippen molar-refractivity contribution in [3.05, 3.63) is 30.1 Å². The normalized spacial score (nSPS) is 18.5. The highest BCUT2D eigenvalue weighted by Crippen LogP contribution is 2.19. The molecule has 2 atom stereocenters. The summed E-state index contributed by atoms with van der Waals surface area (Å²) in [4.78, 5) is 21.1. The third-order valence-electron chi connectivity index (χ3n) is 4.39. The lowest BCUT2D eigenvalue weighted by Gasteiger charge is -2.38. The molecule has 1 fully saturated rings. The highest BCUT2D eigenvalue weighted by atomic mass is 32.2. The molecule has 0 spiro atoms. The summed E-state index contributed by atoms with van der Waals surface area (Å²) in [5.41, 5.74) is 1.09. The Labute approximate surface area is 143 Å². The Kier molecular flexibility index (Phi) is 7.17. The van der Waals surface area contributed by atoms with Crippen LogP contribution in [0.15, 0.2) is 24.4 Å². The minimum atomic E-state index is 0.0729. The van der Waals surface area contributed by atoms with Crippen molar-refractivity contribution in [3.8, 4) is 0 Å². The molecule has 6 heteroatoms. The van der Waals surface area contributed by atoms with Gasteiger partial charge in [-0.1, -0.05) is 6.07 Å². The van der Waals surface area contributed by atoms with Gasteiger partial charge in [0.25, 0.3) is 0 Å². The van der Waals surface area contributed by atoms with E-state index in [-0.39, 0.29) is 12.1 Å². The minimum absolute atomic E-state index is 0.0729. The molecule has 2 heterocycles. The van der Waals surface area contributed by atoms with E-state index in [1.165, 1.54) is 0 Å². The number of urea groups is 1. The van der Waals surface area contributed by atoms with Crippen LogP contribution in [0, 0.1) is 0 Å². The largest absolute Gasteiger partial charge is 0.336 e. The van der Waals surface area contributed by atoms with Crippen LogP contribution < -0.4 is 5.32 Å². The standard InChI is InChI=1S/C17H28N4OS/c1-14(7-13-23-3)19-17(22)21-11-9-20(10-12-21)15(2)16-6-4-5-8-18-16/h4-6,8,14-15H,7,9-13H2,1-3H3,(H,19,22)/t14-,15+/m0/s1. The topological polar surface area (TPSA) is 48.5 Å². The monoisotopic (exact) mass is 336 g/mol. The minimum Gasteiger partial charge on any atom is -0.336 e. The number of piperazine rings is 1. The van der Waals surface area contributed by atoms with E-state index in [0.717, 1.165) is 44.0 Å². The first kappa shape index (κ1) is 18.1. The third kappa shape index (κ3) is 5.39. The number of rotatable bonds is 6. The lowest BCUT2D eigenvalue weighted by atomic mass is 10.1. The third-order valence-corrected chi connectivity index (χ3v) is 5.03. The van der Waals surface area contributed by atoms with Gasteiger partial charge in [-0.05, 0) is 44.4 Å². The average molecular weight is 337 g/mol. The number of aromatic nitrogens is 1. The van der Waals surface area contributed by atoms with Gasteiger partial charge in [-0.3, -0.25) is 9.88 Å². The zero-order chi connectivity index (χ0) is 16.7. The molecule has 0 bridgehead atoms. The average Bonchev–Trinajstić information content (AvgIpc) is 2.60. The first-order chi connectivity index (χ1) is 11.1. The Morgan fingerprint density at radius 2 is 2.04 bits per heavy atom. The smallest absolute Gasteiger partial charge is 0.317 e. The van der Waals surface area contributed by atoms with Crippen LogP contribution >= 0.6 is 11.8 Å². The van der Waals surface area contributed by atoms with Crippen molar-refractivity contribution in [2.45, 2.75) is 32.4 Å². The summed E-state index contributed by atoms with van der Waals surface area (Å²) < 4.78 is 0. The molecule has 0 aliphatic carbocycles. The number of thioether (sulfide) groups is 1. The van der Waals surface area contributed by atoms with Crippen molar-refractivity contribution >= 4 is 17.8 Å². The molecule has 0 saturated carbocycles. The summed E-state index contributed by atoms with van der Waals surface area (Å²) >= 11 is 1.82. The second-order valence-electron chi connectivity index (χ2n) is 6.09. The number of nitrogens with one attached hydrogen (secondary N) is 1. The van der Waals surface area contributed by atoms with E-state index in [0.29, 0.717) is 6.04 Å². The van der Waals surface area contributed by atoms with Gasteiger partial charge in [-0.2, -0.15) is 11.8 Å². The number of pyridine rings is 1. The maximum absolute atomic E-state index is 12.3. The van der Waals surface area contributed by atoms with Gasteiger partial charge in [0, 0.05) is 44.5 Å². The molecular weight excluding hydrogens is 308 g/mol. The molecule has 1 N–H and O–H groups in total. The molecule has 0 radical (unpaired) electrons. The molecule has 0 aromatic carbocycles. The fourth-order valence-electron chi connectivity index (χ4n) is 2.79. The molecule has 1 saturated heterocycles. The van der Waals surface area contributed by atoms with E-state index < -0.39 is 0 Å². The van der Waals surface area contributed by atoms with Crippen molar-refractivity contribution in [3.63, 3.8) is 0 Å². The van der Waals surface area contributed by atoms with Crippen molar-refractivity contribution in [2.24, 2.45) is 0 Å². The van der Waals surface area contributed by atoms with E-state index in [1.54, 1.807) is 0 Å². The lowest BCUT2D eigenvalue weighted by molar-refractivity contribution is 0.111. The van der Waals surface area contributed by atoms with Crippen molar-refractivity contribution in [2.75, 3.05) is 38.2 Å². The van der Waals surface area contributed by atoms with Crippen LogP contribution in [0.3, 0.4) is 0 Å². The molecular formula is C17H28N4OS. The molecule has 2 rings (SSSR count). The van der Waals surface area contributed by atoms with Crippen LogP contribution in [0.25, 0.3) is 0 Å². The first-order valence-electron chi connectivity index (χ1n) is 8.31. The molecule has 23 heavy (non-hydrogen) atoms. The Bertz CT molecular complexity index is 477. The van der Waals surface area contributed by atoms with Crippen LogP contribution in [0.5, 0.6) is 0 Å². The molecule has 1 aromatic rings. The summed E-state index contributed by atoms with van der Waals surface area (Å²) in [6.45, 7) is 7.60. The van der Waals surface area contributed by atoms with Gasteiger partial charge in [0.05, 0.1) is 5.69 Å². The molecule has 2 amide bonds. The van der Waals surface area contributed by atoms with Crippen molar-refractivity contribution in [1.82, 2.24) is 20.1 Å². The summed E-state index contributed by atoms with van der Waals surface area (Å²) in [5.74, 6) is 1.08. The van der Waals surface area contributed by atoms with Gasteiger partial charge in [0.1, 0.15) is 0 Å². The maximum Gasteiger partial charge on any atom is 0.317 e. The highest BCUT2D eigenvalue weighted by Gasteiger charge is 2.25. The van der Waals surface area contributed by atoms with Crippen LogP contribution in [0.1, 0.15) is 32.0 Å². The van der Waals surface area contributed by atoms with Gasteiger partial charge in [0.2, 0.25) is 0 Å². The van der Waals surface area contributed by atoms with Crippen LogP contribution in [0.2, 0.25) is 0 Å². The van der Waals surface area contributed by atoms with Crippen LogP contribution in [-0.2, 0) is 0 Å². The van der Waals surface area contributed by atoms with Gasteiger partial charge >= 0.3 is 6.03 Å². The zero-order valence-corrected chi connectivity index (χ0v) is 15.2. The predicted molar refractivity (Wildman–Crippen MR) is 96.8 cm³/mol. The second kappa shape index (κ2) is 9.13. The molecule has 5 nitrogen and oxygen atoms in total. The van der Waals surface area contributed by atoms with Gasteiger partial charge < -0.3 is 10.2 Å². The van der Waals surface area contributed by atoms with Gasteiger partial charge in [-0.25, -0.2) is 4.79 Å². The lowest BCUT2D eigenvalue weighted by Crippen LogP contribution is -2.53. The van der Waals surface area contributed by atoms with E-state index in [2.05, 4.69) is 41.4 Å². The SMILES string of the molecule is CSCC[C@H](C)NC(=O)N1CCN([C@H](C)c2ccccn2)CC1. The van der Waals surface area contributed by atoms with E-state index in [1.807, 2.05) is 35.0 Å². The van der Waals surface area contributed by atoms with Crippen molar-refractivity contribution < 1.29 is 4.79 Å². The number of carbonyl (C=O) groups is 1. The quantitative estimate of drug-likeness (QED) is 0.867. The number of hydrogen-bond acceptors (Lipinski definition) is 4. The molecule has 1 aliphatic rings. The molecule has 1 aromatic heterocycles. The molecule has 128 valence electrons. The fourth-order valence-corrected chi connectivity index (χ4v) is 3.38. The predicted octanol–water partition coefficient (Wildman–Crippen LogP) is 2.61. The van der Waals surface area contributed by atoms with Gasteiger partial charge in [-0.15, -0.1) is 0 Å². The Balaban J connectivity index is 1.78. The number of nitrogens with zero attached hydrogens (tertiary/aromatic N) is 3. The first-order valence-corrected chi connectivity index (χ1v) is 9.70. The Hall–Kier alpha value is -1.27. The van der Waals surface area contributed by atoms with Gasteiger partial charge in [0.15, 0.2) is 0 Å². The fraction of sp³-hybridized carbons (Fsp3) is 0.647. The van der Waals surface area contributed by atoms with Crippen LogP contribution in [-0.4, -0.2) is 65.0 Å². The van der Waals surface area contributed by atoms with E-state index in [4.69, 9.17) is 0 Å². The number of carbonyl (C=O) groups excluding carboxylic acids is 1. The maximum atomic E-state index is 12.3. The van der Waals surface area contributed by atoms with Crippen LogP contribution in [0.4, 0.5) is 4.79 Å². The molecule has 0 unspecified atom stereocenters. The van der Waals surface area contributed by atoms with Crippen molar-refractivity contribution in [1.29, 1.82) is 0 Å². The summed E-state index contributed by atoms with van der Waals surface area (Å²) in [7, 11) is 0. The van der Waals surface area contributed by atoms with E-state index in [9.17, 15) is 4.79 Å². The summed E-state index contributed by atoms with van der Waals surface area (Å²) in [6.07, 6.45) is 4.95. The second-order valence-corrected chi connectivity index (χ2v) is 7.07. The zero-order valence-electron chi connectivity index (χ0n) is 14.4. The molecule has 1 aliphatic heterocycles. The summed E-state index contributed by atoms with van der Waals surface area (Å²) in [5, 5.41) is 3.10. The van der Waals surface area contributed by atoms with E-state index >= 15 is 0 Å². The number of amides is 2. The summed E-state index contributed by atoms with van der Waals surface area (Å²) in [6, 6.07) is 6.64. The highest BCUT2D eigenvalue weighted by molar-refractivity contribution is 7.98. The Morgan fingerprint density at radius 1 is 1.30 bits per heavy atom. The Morgan fingerprint density at radius 3 is 2.65 bits per heavy atom.